The van der Waals surface area contributed by atoms with Gasteiger partial charge in [-0.05, 0) is 23.6 Å². The zero-order valence-corrected chi connectivity index (χ0v) is 10.6. The third-order valence-corrected chi connectivity index (χ3v) is 3.71. The quantitative estimate of drug-likeness (QED) is 0.893. The van der Waals surface area contributed by atoms with E-state index >= 15 is 0 Å². The maximum Gasteiger partial charge on any atom is 0.163 e. The van der Waals surface area contributed by atoms with Gasteiger partial charge in [0, 0.05) is 22.3 Å². The lowest BCUT2D eigenvalue weighted by molar-refractivity contribution is 0.171. The van der Waals surface area contributed by atoms with Gasteiger partial charge in [-0.15, -0.1) is 11.3 Å². The summed E-state index contributed by atoms with van der Waals surface area (Å²) in [5.74, 6) is 1.60. The minimum absolute atomic E-state index is 0.605. The Hall–Kier alpha value is -1.88. The highest BCUT2D eigenvalue weighted by atomic mass is 32.1. The van der Waals surface area contributed by atoms with Crippen molar-refractivity contribution in [2.75, 3.05) is 24.3 Å². The summed E-state index contributed by atoms with van der Waals surface area (Å²) in [6.45, 7) is 1.95. The van der Waals surface area contributed by atoms with E-state index in [1.807, 2.05) is 29.6 Å². The molecule has 1 aliphatic heterocycles. The molecule has 0 fully saturated rings. The summed E-state index contributed by atoms with van der Waals surface area (Å²) in [6.07, 6.45) is 0. The molecule has 0 bridgehead atoms. The van der Waals surface area contributed by atoms with Gasteiger partial charge < -0.3 is 20.5 Å². The van der Waals surface area contributed by atoms with Crippen LogP contribution in [0.4, 0.5) is 11.4 Å². The predicted octanol–water partition coefficient (Wildman–Crippen LogP) is 2.71. The number of thiophene rings is 1. The number of nitrogens with two attached hydrogens (primary N) is 1. The highest BCUT2D eigenvalue weighted by molar-refractivity contribution is 7.10. The number of hydrogen-bond donors (Lipinski definition) is 2. The Balaban J connectivity index is 1.71. The van der Waals surface area contributed by atoms with E-state index in [-0.39, 0.29) is 0 Å². The SMILES string of the molecule is Nc1ccsc1CNc1ccc2c(c1)OCCO2. The van der Waals surface area contributed by atoms with Gasteiger partial charge in [-0.25, -0.2) is 0 Å². The Labute approximate surface area is 109 Å². The first-order valence-corrected chi connectivity index (χ1v) is 6.66. The second-order valence-corrected chi connectivity index (χ2v) is 5.01. The van der Waals surface area contributed by atoms with Crippen molar-refractivity contribution in [1.29, 1.82) is 0 Å². The molecule has 0 saturated carbocycles. The first-order valence-electron chi connectivity index (χ1n) is 5.78. The average Bonchev–Trinajstić information content (AvgIpc) is 2.82. The summed E-state index contributed by atoms with van der Waals surface area (Å²) in [5.41, 5.74) is 7.69. The maximum atomic E-state index is 5.84. The lowest BCUT2D eigenvalue weighted by Gasteiger charge is -2.19. The van der Waals surface area contributed by atoms with Crippen molar-refractivity contribution in [2.24, 2.45) is 0 Å². The highest BCUT2D eigenvalue weighted by Crippen LogP contribution is 2.33. The van der Waals surface area contributed by atoms with Crippen LogP contribution in [0.3, 0.4) is 0 Å². The summed E-state index contributed by atoms with van der Waals surface area (Å²) >= 11 is 1.65. The van der Waals surface area contributed by atoms with Crippen molar-refractivity contribution in [3.05, 3.63) is 34.5 Å². The van der Waals surface area contributed by atoms with Crippen LogP contribution in [0.5, 0.6) is 11.5 Å². The standard InChI is InChI=1S/C13H14N2O2S/c14-10-3-6-18-13(10)8-15-9-1-2-11-12(7-9)17-5-4-16-11/h1-3,6-7,15H,4-5,8,14H2. The van der Waals surface area contributed by atoms with E-state index < -0.39 is 0 Å². The minimum Gasteiger partial charge on any atom is -0.486 e. The van der Waals surface area contributed by atoms with Crippen LogP contribution in [0.25, 0.3) is 0 Å². The topological polar surface area (TPSA) is 56.5 Å². The second kappa shape index (κ2) is 4.78. The van der Waals surface area contributed by atoms with E-state index in [0.717, 1.165) is 34.3 Å². The molecule has 18 heavy (non-hydrogen) atoms. The normalized spacial score (nSPS) is 13.3. The van der Waals surface area contributed by atoms with Gasteiger partial charge in [0.25, 0.3) is 0 Å². The van der Waals surface area contributed by atoms with Gasteiger partial charge in [0.1, 0.15) is 13.2 Å². The Morgan fingerprint density at radius 2 is 2.00 bits per heavy atom. The molecule has 0 aliphatic carbocycles. The van der Waals surface area contributed by atoms with Crippen LogP contribution in [0.2, 0.25) is 0 Å². The van der Waals surface area contributed by atoms with Gasteiger partial charge in [0.2, 0.25) is 0 Å². The molecule has 5 heteroatoms. The van der Waals surface area contributed by atoms with Crippen molar-refractivity contribution in [3.63, 3.8) is 0 Å². The number of nitrogen functional groups attached to an aromatic ring is 1. The molecule has 2 aromatic rings. The fourth-order valence-corrected chi connectivity index (χ4v) is 2.57. The average molecular weight is 262 g/mol. The lowest BCUT2D eigenvalue weighted by Crippen LogP contribution is -2.15. The molecule has 0 unspecified atom stereocenters. The molecule has 94 valence electrons. The van der Waals surface area contributed by atoms with Crippen molar-refractivity contribution in [2.45, 2.75) is 6.54 Å². The van der Waals surface area contributed by atoms with E-state index in [2.05, 4.69) is 5.32 Å². The zero-order chi connectivity index (χ0) is 12.4. The van der Waals surface area contributed by atoms with Crippen molar-refractivity contribution in [3.8, 4) is 11.5 Å². The molecule has 1 aromatic carbocycles. The second-order valence-electron chi connectivity index (χ2n) is 4.01. The Morgan fingerprint density at radius 3 is 2.78 bits per heavy atom. The molecule has 3 rings (SSSR count). The van der Waals surface area contributed by atoms with Crippen LogP contribution >= 0.6 is 11.3 Å². The summed E-state index contributed by atoms with van der Waals surface area (Å²) < 4.78 is 11.0. The number of hydrogen-bond acceptors (Lipinski definition) is 5. The zero-order valence-electron chi connectivity index (χ0n) is 9.81. The smallest absolute Gasteiger partial charge is 0.163 e. The molecule has 0 radical (unpaired) electrons. The number of benzene rings is 1. The Morgan fingerprint density at radius 1 is 1.17 bits per heavy atom. The first kappa shape index (κ1) is 11.2. The van der Waals surface area contributed by atoms with Gasteiger partial charge in [0.15, 0.2) is 11.5 Å². The Kier molecular flexibility index (Phi) is 2.98. The molecule has 4 nitrogen and oxygen atoms in total. The number of nitrogens with one attached hydrogen (secondary N) is 1. The van der Waals surface area contributed by atoms with E-state index in [1.54, 1.807) is 11.3 Å². The third kappa shape index (κ3) is 2.22. The molecule has 2 heterocycles. The first-order chi connectivity index (χ1) is 8.83. The largest absolute Gasteiger partial charge is 0.486 e. The predicted molar refractivity (Wildman–Crippen MR) is 73.5 cm³/mol. The van der Waals surface area contributed by atoms with Crippen LogP contribution in [-0.2, 0) is 6.54 Å². The molecular formula is C13H14N2O2S. The minimum atomic E-state index is 0.605. The van der Waals surface area contributed by atoms with Gasteiger partial charge in [-0.2, -0.15) is 0 Å². The molecule has 0 spiro atoms. The molecule has 0 atom stereocenters. The Bertz CT molecular complexity index is 554. The summed E-state index contributed by atoms with van der Waals surface area (Å²) in [6, 6.07) is 7.79. The van der Waals surface area contributed by atoms with Crippen molar-refractivity contribution < 1.29 is 9.47 Å². The highest BCUT2D eigenvalue weighted by Gasteiger charge is 2.11. The number of ether oxygens (including phenoxy) is 2. The third-order valence-electron chi connectivity index (χ3n) is 2.78. The molecule has 1 aliphatic rings. The van der Waals surface area contributed by atoms with Gasteiger partial charge in [-0.1, -0.05) is 0 Å². The summed E-state index contributed by atoms with van der Waals surface area (Å²) in [7, 11) is 0. The number of anilines is 2. The fourth-order valence-electron chi connectivity index (χ4n) is 1.83. The van der Waals surface area contributed by atoms with E-state index in [4.69, 9.17) is 15.2 Å². The van der Waals surface area contributed by atoms with Crippen LogP contribution in [0.15, 0.2) is 29.6 Å². The number of rotatable bonds is 3. The molecule has 1 aromatic heterocycles. The van der Waals surface area contributed by atoms with Crippen LogP contribution in [0.1, 0.15) is 4.88 Å². The molecule has 3 N–H and O–H groups in total. The van der Waals surface area contributed by atoms with Gasteiger partial charge >= 0.3 is 0 Å². The summed E-state index contributed by atoms with van der Waals surface area (Å²) in [4.78, 5) is 1.14. The monoisotopic (exact) mass is 262 g/mol. The summed E-state index contributed by atoms with van der Waals surface area (Å²) in [5, 5.41) is 5.33. The van der Waals surface area contributed by atoms with Gasteiger partial charge in [0.05, 0.1) is 6.54 Å². The molecule has 0 saturated heterocycles. The van der Waals surface area contributed by atoms with Crippen molar-refractivity contribution >= 4 is 22.7 Å². The number of fused-ring (bicyclic) bond motifs is 1. The lowest BCUT2D eigenvalue weighted by atomic mass is 10.2. The van der Waals surface area contributed by atoms with Crippen molar-refractivity contribution in [1.82, 2.24) is 0 Å². The van der Waals surface area contributed by atoms with Gasteiger partial charge in [-0.3, -0.25) is 0 Å². The van der Waals surface area contributed by atoms with Crippen LogP contribution < -0.4 is 20.5 Å². The maximum absolute atomic E-state index is 5.84. The van der Waals surface area contributed by atoms with Crippen LogP contribution in [0, 0.1) is 0 Å². The molecule has 0 amide bonds. The van der Waals surface area contributed by atoms with E-state index in [1.165, 1.54) is 0 Å². The fraction of sp³-hybridized carbons (Fsp3) is 0.231. The van der Waals surface area contributed by atoms with E-state index in [0.29, 0.717) is 13.2 Å². The van der Waals surface area contributed by atoms with E-state index in [9.17, 15) is 0 Å². The van der Waals surface area contributed by atoms with Crippen LogP contribution in [-0.4, -0.2) is 13.2 Å². The molecular weight excluding hydrogens is 248 g/mol.